The van der Waals surface area contributed by atoms with Crippen LogP contribution in [-0.4, -0.2) is 43.7 Å². The second-order valence-corrected chi connectivity index (χ2v) is 3.86. The Balaban J connectivity index is 4.33. The number of hydrogen-bond acceptors (Lipinski definition) is 4. The quantitative estimate of drug-likeness (QED) is 0.617. The van der Waals surface area contributed by atoms with Gasteiger partial charge in [-0.25, -0.2) is 0 Å². The van der Waals surface area contributed by atoms with Gasteiger partial charge in [-0.15, -0.1) is 0 Å². The molecule has 0 aromatic rings. The van der Waals surface area contributed by atoms with Gasteiger partial charge in [0.25, 0.3) is 0 Å². The topological polar surface area (TPSA) is 67.8 Å². The van der Waals surface area contributed by atoms with E-state index in [0.717, 1.165) is 0 Å². The first-order valence-electron chi connectivity index (χ1n) is 4.98. The Labute approximate surface area is 90.8 Å². The van der Waals surface area contributed by atoms with Crippen LogP contribution in [0.1, 0.15) is 20.8 Å². The van der Waals surface area contributed by atoms with Crippen molar-refractivity contribution in [2.75, 3.05) is 14.2 Å². The van der Waals surface area contributed by atoms with E-state index in [1.807, 2.05) is 20.8 Å². The van der Waals surface area contributed by atoms with Crippen LogP contribution in [0.5, 0.6) is 0 Å². The number of nitrogens with one attached hydrogen (secondary N) is 1. The van der Waals surface area contributed by atoms with Crippen molar-refractivity contribution in [3.05, 3.63) is 0 Å². The zero-order chi connectivity index (χ0) is 12.0. The van der Waals surface area contributed by atoms with Crippen molar-refractivity contribution in [1.29, 1.82) is 0 Å². The summed E-state index contributed by atoms with van der Waals surface area (Å²) < 4.78 is 10.1. The molecular formula is C10H21NO4. The summed E-state index contributed by atoms with van der Waals surface area (Å²) in [5.41, 5.74) is 0. The SMILES string of the molecule is COC(OC)C(C)NC(C(=O)O)C(C)C. The maximum Gasteiger partial charge on any atom is 0.320 e. The number of hydrogen-bond donors (Lipinski definition) is 2. The average Bonchev–Trinajstić information content (AvgIpc) is 2.15. The lowest BCUT2D eigenvalue weighted by molar-refractivity contribution is -0.144. The molecule has 0 saturated heterocycles. The fourth-order valence-corrected chi connectivity index (χ4v) is 1.42. The first kappa shape index (κ1) is 14.3. The zero-order valence-corrected chi connectivity index (χ0v) is 9.98. The number of aliphatic carboxylic acids is 1. The molecule has 0 saturated carbocycles. The average molecular weight is 219 g/mol. The fraction of sp³-hybridized carbons (Fsp3) is 0.900. The number of carboxylic acids is 1. The number of rotatable bonds is 7. The van der Waals surface area contributed by atoms with Gasteiger partial charge in [-0.2, -0.15) is 0 Å². The summed E-state index contributed by atoms with van der Waals surface area (Å²) in [4.78, 5) is 10.9. The van der Waals surface area contributed by atoms with Crippen LogP contribution >= 0.6 is 0 Å². The standard InChI is InChI=1S/C10H21NO4/c1-6(2)8(9(12)13)11-7(3)10(14-4)15-5/h6-8,10-11H,1-5H3,(H,12,13). The molecule has 0 aromatic heterocycles. The van der Waals surface area contributed by atoms with Gasteiger partial charge < -0.3 is 14.6 Å². The molecule has 0 aromatic carbocycles. The van der Waals surface area contributed by atoms with Crippen LogP contribution in [-0.2, 0) is 14.3 Å². The highest BCUT2D eigenvalue weighted by atomic mass is 16.7. The highest BCUT2D eigenvalue weighted by Crippen LogP contribution is 2.06. The van der Waals surface area contributed by atoms with Crippen LogP contribution in [0, 0.1) is 5.92 Å². The predicted octanol–water partition coefficient (Wildman–Crippen LogP) is 0.693. The van der Waals surface area contributed by atoms with Crippen LogP contribution in [0.15, 0.2) is 0 Å². The molecule has 0 heterocycles. The Morgan fingerprint density at radius 2 is 1.67 bits per heavy atom. The Morgan fingerprint density at radius 3 is 1.93 bits per heavy atom. The van der Waals surface area contributed by atoms with E-state index in [9.17, 15) is 4.79 Å². The molecule has 2 atom stereocenters. The lowest BCUT2D eigenvalue weighted by Gasteiger charge is -2.27. The Kier molecular flexibility index (Phi) is 6.47. The van der Waals surface area contributed by atoms with Gasteiger partial charge in [-0.05, 0) is 12.8 Å². The van der Waals surface area contributed by atoms with E-state index in [1.165, 1.54) is 14.2 Å². The molecule has 5 heteroatoms. The second kappa shape index (κ2) is 6.76. The van der Waals surface area contributed by atoms with Crippen LogP contribution in [0.4, 0.5) is 0 Å². The molecular weight excluding hydrogens is 198 g/mol. The minimum absolute atomic E-state index is 0.0133. The maximum absolute atomic E-state index is 10.9. The molecule has 15 heavy (non-hydrogen) atoms. The first-order valence-corrected chi connectivity index (χ1v) is 4.98. The maximum atomic E-state index is 10.9. The molecule has 0 radical (unpaired) electrons. The van der Waals surface area contributed by atoms with Gasteiger partial charge in [-0.3, -0.25) is 10.1 Å². The lowest BCUT2D eigenvalue weighted by atomic mass is 10.0. The van der Waals surface area contributed by atoms with Crippen LogP contribution in [0.25, 0.3) is 0 Å². The van der Waals surface area contributed by atoms with Crippen LogP contribution in [0.3, 0.4) is 0 Å². The smallest absolute Gasteiger partial charge is 0.320 e. The van der Waals surface area contributed by atoms with Gasteiger partial charge in [0.05, 0.1) is 6.04 Å². The minimum Gasteiger partial charge on any atom is -0.480 e. The van der Waals surface area contributed by atoms with E-state index >= 15 is 0 Å². The van der Waals surface area contributed by atoms with Crippen molar-refractivity contribution in [1.82, 2.24) is 5.32 Å². The van der Waals surface area contributed by atoms with Gasteiger partial charge in [0.1, 0.15) is 6.04 Å². The van der Waals surface area contributed by atoms with Crippen molar-refractivity contribution < 1.29 is 19.4 Å². The van der Waals surface area contributed by atoms with Crippen molar-refractivity contribution in [3.63, 3.8) is 0 Å². The van der Waals surface area contributed by atoms with Crippen molar-refractivity contribution >= 4 is 5.97 Å². The molecule has 0 aliphatic carbocycles. The summed E-state index contributed by atoms with van der Waals surface area (Å²) in [7, 11) is 3.05. The van der Waals surface area contributed by atoms with Crippen molar-refractivity contribution in [3.8, 4) is 0 Å². The molecule has 5 nitrogen and oxygen atoms in total. The van der Waals surface area contributed by atoms with E-state index in [4.69, 9.17) is 14.6 Å². The molecule has 90 valence electrons. The largest absolute Gasteiger partial charge is 0.480 e. The number of ether oxygens (including phenoxy) is 2. The third kappa shape index (κ3) is 4.59. The van der Waals surface area contributed by atoms with Gasteiger partial charge >= 0.3 is 5.97 Å². The summed E-state index contributed by atoms with van der Waals surface area (Å²) in [5.74, 6) is -0.845. The van der Waals surface area contributed by atoms with E-state index in [0.29, 0.717) is 0 Å². The Morgan fingerprint density at radius 1 is 1.20 bits per heavy atom. The fourth-order valence-electron chi connectivity index (χ4n) is 1.42. The summed E-state index contributed by atoms with van der Waals surface area (Å²) in [6.45, 7) is 5.54. The third-order valence-corrected chi connectivity index (χ3v) is 2.25. The van der Waals surface area contributed by atoms with Gasteiger partial charge in [0.2, 0.25) is 0 Å². The molecule has 0 spiro atoms. The van der Waals surface area contributed by atoms with E-state index in [-0.39, 0.29) is 12.0 Å². The number of carboxylic acid groups (broad SMARTS) is 1. The minimum atomic E-state index is -0.859. The second-order valence-electron chi connectivity index (χ2n) is 3.86. The highest BCUT2D eigenvalue weighted by Gasteiger charge is 2.26. The molecule has 0 aliphatic heterocycles. The van der Waals surface area contributed by atoms with E-state index < -0.39 is 18.3 Å². The zero-order valence-electron chi connectivity index (χ0n) is 9.98. The van der Waals surface area contributed by atoms with Gasteiger partial charge in [0, 0.05) is 14.2 Å². The Hall–Kier alpha value is -0.650. The van der Waals surface area contributed by atoms with Crippen molar-refractivity contribution in [2.45, 2.75) is 39.1 Å². The van der Waals surface area contributed by atoms with Gasteiger partial charge in [0.15, 0.2) is 6.29 Å². The molecule has 0 fully saturated rings. The summed E-state index contributed by atoms with van der Waals surface area (Å²) >= 11 is 0. The summed E-state index contributed by atoms with van der Waals surface area (Å²) in [6, 6.07) is -0.767. The molecule has 0 aliphatic rings. The molecule has 0 rings (SSSR count). The summed E-state index contributed by atoms with van der Waals surface area (Å²) in [5, 5.41) is 11.9. The molecule has 0 amide bonds. The van der Waals surface area contributed by atoms with Crippen molar-refractivity contribution in [2.24, 2.45) is 5.92 Å². The monoisotopic (exact) mass is 219 g/mol. The summed E-state index contributed by atoms with van der Waals surface area (Å²) in [6.07, 6.45) is -0.439. The molecule has 0 bridgehead atoms. The van der Waals surface area contributed by atoms with E-state index in [2.05, 4.69) is 5.32 Å². The van der Waals surface area contributed by atoms with Crippen LogP contribution < -0.4 is 5.32 Å². The molecule has 2 unspecified atom stereocenters. The number of methoxy groups -OCH3 is 2. The normalized spacial score (nSPS) is 15.7. The predicted molar refractivity (Wildman–Crippen MR) is 56.7 cm³/mol. The number of carbonyl (C=O) groups is 1. The first-order chi connectivity index (χ1) is 6.93. The third-order valence-electron chi connectivity index (χ3n) is 2.25. The van der Waals surface area contributed by atoms with Crippen LogP contribution in [0.2, 0.25) is 0 Å². The van der Waals surface area contributed by atoms with E-state index in [1.54, 1.807) is 0 Å². The van der Waals surface area contributed by atoms with Gasteiger partial charge in [-0.1, -0.05) is 13.8 Å². The highest BCUT2D eigenvalue weighted by molar-refractivity contribution is 5.73. The lowest BCUT2D eigenvalue weighted by Crippen LogP contribution is -2.50. The molecule has 2 N–H and O–H groups in total. The Bertz CT molecular complexity index is 192.